The molecule has 2 fully saturated rings. The van der Waals surface area contributed by atoms with Crippen molar-refractivity contribution in [2.45, 2.75) is 38.8 Å². The maximum Gasteiger partial charge on any atom is 0.340 e. The summed E-state index contributed by atoms with van der Waals surface area (Å²) < 4.78 is 21.3. The monoisotopic (exact) mass is 443 g/mol. The number of carbonyl (C=O) groups is 5. The first-order valence-electron chi connectivity index (χ1n) is 10.1. The summed E-state index contributed by atoms with van der Waals surface area (Å²) in [5.41, 5.74) is -1.52. The molecule has 0 N–H and O–H groups in total. The number of nitrogens with zero attached hydrogens (tertiary/aromatic N) is 1. The van der Waals surface area contributed by atoms with Gasteiger partial charge in [-0.05, 0) is 25.1 Å². The van der Waals surface area contributed by atoms with Crippen molar-refractivity contribution in [1.82, 2.24) is 0 Å². The minimum atomic E-state index is -1.66. The zero-order valence-electron chi connectivity index (χ0n) is 17.6. The van der Waals surface area contributed by atoms with E-state index in [1.807, 2.05) is 0 Å². The molecule has 2 saturated heterocycles. The van der Waals surface area contributed by atoms with Gasteiger partial charge in [0.2, 0.25) is 11.8 Å². The third-order valence-electron chi connectivity index (χ3n) is 5.63. The van der Waals surface area contributed by atoms with Crippen LogP contribution in [0.4, 0.5) is 5.69 Å². The number of fused-ring (bicyclic) bond motifs is 5. The predicted octanol–water partition coefficient (Wildman–Crippen LogP) is 1.13. The van der Waals surface area contributed by atoms with Gasteiger partial charge >= 0.3 is 17.9 Å². The van der Waals surface area contributed by atoms with Crippen LogP contribution in [0.1, 0.15) is 31.1 Å². The number of imide groups is 1. The van der Waals surface area contributed by atoms with E-state index in [4.69, 9.17) is 18.9 Å². The molecule has 0 aliphatic carbocycles. The van der Waals surface area contributed by atoms with Gasteiger partial charge in [0.1, 0.15) is 0 Å². The fourth-order valence-electron chi connectivity index (χ4n) is 4.50. The van der Waals surface area contributed by atoms with Gasteiger partial charge in [0, 0.05) is 13.8 Å². The number of amides is 2. The lowest BCUT2D eigenvalue weighted by Crippen LogP contribution is -2.52. The Morgan fingerprint density at radius 3 is 2.38 bits per heavy atom. The molecule has 1 aromatic carbocycles. The molecule has 10 nitrogen and oxygen atoms in total. The molecule has 0 unspecified atom stereocenters. The van der Waals surface area contributed by atoms with Crippen molar-refractivity contribution in [3.05, 3.63) is 42.0 Å². The Morgan fingerprint density at radius 2 is 1.75 bits per heavy atom. The van der Waals surface area contributed by atoms with Gasteiger partial charge in [-0.25, -0.2) is 9.69 Å². The van der Waals surface area contributed by atoms with Gasteiger partial charge in [0.05, 0.1) is 35.8 Å². The fourth-order valence-corrected chi connectivity index (χ4v) is 4.50. The lowest BCUT2D eigenvalue weighted by Gasteiger charge is -2.34. The molecule has 4 rings (SSSR count). The average Bonchev–Trinajstić information content (AvgIpc) is 3.38. The number of rotatable bonds is 6. The van der Waals surface area contributed by atoms with Crippen molar-refractivity contribution in [2.24, 2.45) is 11.8 Å². The molecule has 3 heterocycles. The Bertz CT molecular complexity index is 1030. The molecule has 1 aromatic rings. The number of esters is 3. The summed E-state index contributed by atoms with van der Waals surface area (Å²) in [7, 11) is 0. The maximum absolute atomic E-state index is 13.6. The third-order valence-corrected chi connectivity index (χ3v) is 5.63. The van der Waals surface area contributed by atoms with Gasteiger partial charge in [0.25, 0.3) is 6.29 Å². The predicted molar refractivity (Wildman–Crippen MR) is 106 cm³/mol. The van der Waals surface area contributed by atoms with Gasteiger partial charge in [-0.15, -0.1) is 0 Å². The summed E-state index contributed by atoms with van der Waals surface area (Å²) >= 11 is 0. The van der Waals surface area contributed by atoms with E-state index in [-0.39, 0.29) is 17.9 Å². The van der Waals surface area contributed by atoms with Crippen molar-refractivity contribution in [3.63, 3.8) is 0 Å². The smallest absolute Gasteiger partial charge is 0.340 e. The van der Waals surface area contributed by atoms with Crippen LogP contribution >= 0.6 is 0 Å². The summed E-state index contributed by atoms with van der Waals surface area (Å²) in [5.74, 6) is -5.47. The molecule has 0 spiro atoms. The van der Waals surface area contributed by atoms with E-state index in [1.54, 1.807) is 25.1 Å². The molecular formula is C22H21NO9. The van der Waals surface area contributed by atoms with Crippen LogP contribution in [0.25, 0.3) is 0 Å². The molecule has 0 radical (unpaired) electrons. The number of carbonyl (C=O) groups excluding carboxylic acids is 5. The van der Waals surface area contributed by atoms with Crippen LogP contribution < -0.4 is 4.90 Å². The van der Waals surface area contributed by atoms with E-state index in [1.165, 1.54) is 18.2 Å². The quantitative estimate of drug-likeness (QED) is 0.275. The summed E-state index contributed by atoms with van der Waals surface area (Å²) in [5, 5.41) is 0. The first-order valence-corrected chi connectivity index (χ1v) is 10.1. The standard InChI is InChI=1S/C22H21NO9/c1-4-29-20(28)13-7-5-6-8-14(13)23-18(26)16-15-9-10-22(32-15,17(16)19(23)27)21(30-11(2)24)31-12(3)25/h5-10,15-17,21H,4H2,1-3H3/t15-,16-,17-,22+/m0/s1. The molecule has 0 aromatic heterocycles. The SMILES string of the molecule is CCOC(=O)c1ccccc1N1C(=O)[C@H]2[C@@H]3C=C[C@@](C(OC(C)=O)OC(C)=O)(O3)[C@@H]2C1=O. The summed E-state index contributed by atoms with van der Waals surface area (Å²) in [6.45, 7) is 4.01. The highest BCUT2D eigenvalue weighted by molar-refractivity contribution is 6.25. The highest BCUT2D eigenvalue weighted by atomic mass is 16.7. The van der Waals surface area contributed by atoms with Crippen LogP contribution in [0.2, 0.25) is 0 Å². The minimum Gasteiger partial charge on any atom is -0.462 e. The molecule has 0 saturated carbocycles. The molecule has 32 heavy (non-hydrogen) atoms. The second-order valence-electron chi connectivity index (χ2n) is 7.60. The van der Waals surface area contributed by atoms with E-state index in [2.05, 4.69) is 0 Å². The number of ether oxygens (including phenoxy) is 4. The zero-order chi connectivity index (χ0) is 23.2. The normalized spacial score (nSPS) is 27.6. The van der Waals surface area contributed by atoms with Crippen LogP contribution in [0.3, 0.4) is 0 Å². The topological polar surface area (TPSA) is 126 Å². The lowest BCUT2D eigenvalue weighted by atomic mass is 9.76. The number of para-hydroxylation sites is 1. The first-order chi connectivity index (χ1) is 15.2. The molecule has 10 heteroatoms. The van der Waals surface area contributed by atoms with E-state index in [0.29, 0.717) is 0 Å². The second-order valence-corrected chi connectivity index (χ2v) is 7.60. The third kappa shape index (κ3) is 3.18. The van der Waals surface area contributed by atoms with Gasteiger partial charge in [-0.2, -0.15) is 0 Å². The Balaban J connectivity index is 1.76. The second kappa shape index (κ2) is 7.86. The molecule has 4 atom stereocenters. The largest absolute Gasteiger partial charge is 0.462 e. The number of hydrogen-bond donors (Lipinski definition) is 0. The van der Waals surface area contributed by atoms with Crippen molar-refractivity contribution in [1.29, 1.82) is 0 Å². The van der Waals surface area contributed by atoms with E-state index in [0.717, 1.165) is 18.7 Å². The van der Waals surface area contributed by atoms with E-state index < -0.39 is 59.6 Å². The molecule has 3 aliphatic heterocycles. The highest BCUT2D eigenvalue weighted by Gasteiger charge is 2.72. The summed E-state index contributed by atoms with van der Waals surface area (Å²) in [6.07, 6.45) is 0.713. The Morgan fingerprint density at radius 1 is 1.09 bits per heavy atom. The molecule has 2 amide bonds. The fraction of sp³-hybridized carbons (Fsp3) is 0.409. The summed E-state index contributed by atoms with van der Waals surface area (Å²) in [6, 6.07) is 6.12. The highest BCUT2D eigenvalue weighted by Crippen LogP contribution is 2.55. The van der Waals surface area contributed by atoms with Crippen LogP contribution in [-0.4, -0.2) is 54.3 Å². The Labute approximate surface area is 183 Å². The molecule has 2 bridgehead atoms. The van der Waals surface area contributed by atoms with Crippen molar-refractivity contribution in [2.75, 3.05) is 11.5 Å². The number of anilines is 1. The van der Waals surface area contributed by atoms with Crippen molar-refractivity contribution < 1.29 is 42.9 Å². The van der Waals surface area contributed by atoms with E-state index in [9.17, 15) is 24.0 Å². The molecule has 3 aliphatic rings. The number of benzene rings is 1. The zero-order valence-corrected chi connectivity index (χ0v) is 17.6. The first kappa shape index (κ1) is 21.7. The average molecular weight is 443 g/mol. The van der Waals surface area contributed by atoms with Crippen molar-refractivity contribution >= 4 is 35.4 Å². The molecular weight excluding hydrogens is 422 g/mol. The van der Waals surface area contributed by atoms with Gasteiger partial charge in [-0.1, -0.05) is 18.2 Å². The van der Waals surface area contributed by atoms with Crippen LogP contribution in [0.5, 0.6) is 0 Å². The van der Waals surface area contributed by atoms with Crippen molar-refractivity contribution in [3.8, 4) is 0 Å². The number of hydrogen-bond acceptors (Lipinski definition) is 9. The van der Waals surface area contributed by atoms with Crippen LogP contribution in [-0.2, 0) is 38.1 Å². The maximum atomic E-state index is 13.6. The van der Waals surface area contributed by atoms with Crippen LogP contribution in [0.15, 0.2) is 36.4 Å². The molecule has 168 valence electrons. The Hall–Kier alpha value is -3.53. The van der Waals surface area contributed by atoms with Gasteiger partial charge in [-0.3, -0.25) is 19.2 Å². The van der Waals surface area contributed by atoms with Crippen LogP contribution in [0, 0.1) is 11.8 Å². The lowest BCUT2D eigenvalue weighted by molar-refractivity contribution is -0.226. The summed E-state index contributed by atoms with van der Waals surface area (Å²) in [4.78, 5) is 63.6. The van der Waals surface area contributed by atoms with Gasteiger partial charge < -0.3 is 18.9 Å². The van der Waals surface area contributed by atoms with E-state index >= 15 is 0 Å². The minimum absolute atomic E-state index is 0.0582. The van der Waals surface area contributed by atoms with Gasteiger partial charge in [0.15, 0.2) is 5.60 Å². The Kier molecular flexibility index (Phi) is 5.33.